The second-order valence-electron chi connectivity index (χ2n) is 5.39. The fraction of sp³-hybridized carbons (Fsp3) is 0.0588. The fourth-order valence-corrected chi connectivity index (χ4v) is 3.41. The molecule has 0 saturated carbocycles. The third kappa shape index (κ3) is 2.83. The molecule has 4 rings (SSSR count). The number of fused-ring (bicyclic) bond motifs is 2. The van der Waals surface area contributed by atoms with Crippen LogP contribution >= 0.6 is 11.3 Å². The molecular weight excluding hydrogens is 340 g/mol. The lowest BCUT2D eigenvalue weighted by Crippen LogP contribution is -2.27. The van der Waals surface area contributed by atoms with Crippen LogP contribution < -0.4 is 10.9 Å². The molecule has 0 radical (unpaired) electrons. The molecule has 0 aliphatic heterocycles. The number of hydrogen-bond donors (Lipinski definition) is 2. The Balaban J connectivity index is 1.59. The van der Waals surface area contributed by atoms with Crippen LogP contribution in [0, 0.1) is 0 Å². The number of thiazole rings is 1. The Morgan fingerprint density at radius 2 is 2.04 bits per heavy atom. The van der Waals surface area contributed by atoms with E-state index >= 15 is 0 Å². The van der Waals surface area contributed by atoms with Gasteiger partial charge in [-0.2, -0.15) is 0 Å². The molecule has 2 heterocycles. The number of hydrogen-bond acceptors (Lipinski definition) is 6. The summed E-state index contributed by atoms with van der Waals surface area (Å²) in [5, 5.41) is 13.2. The molecule has 2 aromatic heterocycles. The average Bonchev–Trinajstić information content (AvgIpc) is 3.00. The summed E-state index contributed by atoms with van der Waals surface area (Å²) in [6.45, 7) is -0.187. The highest BCUT2D eigenvalue weighted by atomic mass is 32.1. The molecule has 0 saturated heterocycles. The molecule has 1 amide bonds. The third-order valence-electron chi connectivity index (χ3n) is 3.69. The first kappa shape index (κ1) is 15.3. The molecule has 0 aliphatic carbocycles. The van der Waals surface area contributed by atoms with E-state index in [0.29, 0.717) is 5.13 Å². The number of nitrogens with one attached hydrogen (secondary N) is 1. The summed E-state index contributed by atoms with van der Waals surface area (Å²) >= 11 is 1.37. The maximum absolute atomic E-state index is 12.4. The molecule has 0 aliphatic rings. The van der Waals surface area contributed by atoms with Gasteiger partial charge in [-0.25, -0.2) is 9.97 Å². The van der Waals surface area contributed by atoms with Crippen molar-refractivity contribution >= 4 is 43.5 Å². The maximum atomic E-state index is 12.4. The third-order valence-corrected chi connectivity index (χ3v) is 4.64. The van der Waals surface area contributed by atoms with Gasteiger partial charge >= 0.3 is 0 Å². The van der Waals surface area contributed by atoms with Crippen molar-refractivity contribution in [2.45, 2.75) is 6.54 Å². The number of para-hydroxylation sites is 2. The van der Waals surface area contributed by atoms with Crippen LogP contribution in [-0.4, -0.2) is 25.5 Å². The number of anilines is 1. The second kappa shape index (κ2) is 5.99. The van der Waals surface area contributed by atoms with Gasteiger partial charge in [0, 0.05) is 0 Å². The van der Waals surface area contributed by atoms with Crippen molar-refractivity contribution in [3.05, 3.63) is 59.1 Å². The zero-order valence-corrected chi connectivity index (χ0v) is 13.7. The molecule has 4 aromatic rings. The number of nitrogens with zero attached hydrogens (tertiary/aromatic N) is 3. The minimum Gasteiger partial charge on any atom is -0.506 e. The lowest BCUT2D eigenvalue weighted by atomic mass is 10.2. The van der Waals surface area contributed by atoms with Crippen LogP contribution in [0.15, 0.2) is 53.6 Å². The van der Waals surface area contributed by atoms with E-state index in [2.05, 4.69) is 15.3 Å². The van der Waals surface area contributed by atoms with Crippen molar-refractivity contribution < 1.29 is 9.90 Å². The van der Waals surface area contributed by atoms with Gasteiger partial charge in [-0.1, -0.05) is 29.5 Å². The average molecular weight is 352 g/mol. The van der Waals surface area contributed by atoms with Crippen molar-refractivity contribution in [3.8, 4) is 5.75 Å². The number of amides is 1. The number of carbonyl (C=O) groups is 1. The Hall–Kier alpha value is -3.26. The van der Waals surface area contributed by atoms with Crippen LogP contribution in [0.2, 0.25) is 0 Å². The van der Waals surface area contributed by atoms with Crippen molar-refractivity contribution in [2.75, 3.05) is 5.32 Å². The number of benzene rings is 2. The van der Waals surface area contributed by atoms with Crippen molar-refractivity contribution in [1.82, 2.24) is 14.5 Å². The van der Waals surface area contributed by atoms with Crippen molar-refractivity contribution in [2.24, 2.45) is 0 Å². The summed E-state index contributed by atoms with van der Waals surface area (Å²) in [6.07, 6.45) is 1.25. The van der Waals surface area contributed by atoms with Crippen LogP contribution in [0.1, 0.15) is 0 Å². The quantitative estimate of drug-likeness (QED) is 0.590. The molecule has 25 heavy (non-hydrogen) atoms. The summed E-state index contributed by atoms with van der Waals surface area (Å²) in [5.74, 6) is -0.442. The standard InChI is InChI=1S/C17H12N4O3S/c22-12-6-3-4-10-15(12)18-9-21(16(10)24)8-14(23)20-17-19-11-5-1-2-7-13(11)25-17/h1-7,9,22H,8H2,(H,19,20,23). The van der Waals surface area contributed by atoms with E-state index in [4.69, 9.17) is 0 Å². The summed E-state index contributed by atoms with van der Waals surface area (Å²) in [6, 6.07) is 12.2. The predicted molar refractivity (Wildman–Crippen MR) is 95.9 cm³/mol. The van der Waals surface area contributed by atoms with Gasteiger partial charge in [0.25, 0.3) is 5.56 Å². The molecule has 7 nitrogen and oxygen atoms in total. The first-order valence-electron chi connectivity index (χ1n) is 7.44. The largest absolute Gasteiger partial charge is 0.506 e. The SMILES string of the molecule is O=C(Cn1cnc2c(O)cccc2c1=O)Nc1nc2ccccc2s1. The Morgan fingerprint density at radius 3 is 2.88 bits per heavy atom. The lowest BCUT2D eigenvalue weighted by Gasteiger charge is -2.06. The Bertz CT molecular complexity index is 1130. The molecule has 124 valence electrons. The van der Waals surface area contributed by atoms with E-state index in [-0.39, 0.29) is 34.7 Å². The van der Waals surface area contributed by atoms with Gasteiger partial charge in [-0.05, 0) is 24.3 Å². The van der Waals surface area contributed by atoms with Crippen molar-refractivity contribution in [3.63, 3.8) is 0 Å². The minimum absolute atomic E-state index is 0.0688. The van der Waals surface area contributed by atoms with E-state index in [1.54, 1.807) is 12.1 Å². The highest BCUT2D eigenvalue weighted by Crippen LogP contribution is 2.25. The van der Waals surface area contributed by atoms with Gasteiger partial charge in [0.05, 0.1) is 21.9 Å². The number of rotatable bonds is 3. The zero-order valence-electron chi connectivity index (χ0n) is 12.8. The summed E-state index contributed by atoms with van der Waals surface area (Å²) in [7, 11) is 0. The van der Waals surface area contributed by atoms with E-state index in [0.717, 1.165) is 10.2 Å². The molecular formula is C17H12N4O3S. The summed E-state index contributed by atoms with van der Waals surface area (Å²) in [5.41, 5.74) is 0.637. The fourth-order valence-electron chi connectivity index (χ4n) is 2.53. The van der Waals surface area contributed by atoms with Crippen LogP contribution in [0.25, 0.3) is 21.1 Å². The second-order valence-corrected chi connectivity index (χ2v) is 6.42. The first-order valence-corrected chi connectivity index (χ1v) is 8.26. The molecule has 0 fully saturated rings. The highest BCUT2D eigenvalue weighted by Gasteiger charge is 2.12. The van der Waals surface area contributed by atoms with E-state index < -0.39 is 0 Å². The van der Waals surface area contributed by atoms with E-state index in [1.165, 1.54) is 28.3 Å². The number of carbonyl (C=O) groups excluding carboxylic acids is 1. The molecule has 8 heteroatoms. The van der Waals surface area contributed by atoms with Crippen LogP contribution in [0.4, 0.5) is 5.13 Å². The van der Waals surface area contributed by atoms with Gasteiger partial charge < -0.3 is 10.4 Å². The highest BCUT2D eigenvalue weighted by molar-refractivity contribution is 7.22. The number of phenolic OH excluding ortho intramolecular Hbond substituents is 1. The molecule has 0 bridgehead atoms. The molecule has 2 aromatic carbocycles. The monoisotopic (exact) mass is 352 g/mol. The molecule has 2 N–H and O–H groups in total. The topological polar surface area (TPSA) is 97.1 Å². The Labute approximate surface area is 145 Å². The predicted octanol–water partition coefficient (Wildman–Crippen LogP) is 2.35. The molecule has 0 spiro atoms. The lowest BCUT2D eigenvalue weighted by molar-refractivity contribution is -0.116. The first-order chi connectivity index (χ1) is 12.1. The smallest absolute Gasteiger partial charge is 0.261 e. The van der Waals surface area contributed by atoms with Gasteiger partial charge in [-0.3, -0.25) is 14.2 Å². The maximum Gasteiger partial charge on any atom is 0.261 e. The van der Waals surface area contributed by atoms with Gasteiger partial charge in [0.2, 0.25) is 5.91 Å². The Morgan fingerprint density at radius 1 is 1.20 bits per heavy atom. The zero-order chi connectivity index (χ0) is 17.4. The Kier molecular flexibility index (Phi) is 3.66. The minimum atomic E-state index is -0.389. The van der Waals surface area contributed by atoms with E-state index in [1.807, 2.05) is 24.3 Å². The van der Waals surface area contributed by atoms with Gasteiger partial charge in [0.1, 0.15) is 17.8 Å². The number of aromatic nitrogens is 3. The van der Waals surface area contributed by atoms with Crippen LogP contribution in [0.3, 0.4) is 0 Å². The number of phenols is 1. The van der Waals surface area contributed by atoms with Gasteiger partial charge in [-0.15, -0.1) is 0 Å². The molecule has 0 unspecified atom stereocenters. The van der Waals surface area contributed by atoms with Crippen molar-refractivity contribution in [1.29, 1.82) is 0 Å². The van der Waals surface area contributed by atoms with Gasteiger partial charge in [0.15, 0.2) is 5.13 Å². The summed E-state index contributed by atoms with van der Waals surface area (Å²) < 4.78 is 2.17. The molecule has 0 atom stereocenters. The summed E-state index contributed by atoms with van der Waals surface area (Å²) in [4.78, 5) is 33.0. The number of aromatic hydroxyl groups is 1. The van der Waals surface area contributed by atoms with Crippen LogP contribution in [0.5, 0.6) is 5.75 Å². The normalized spacial score (nSPS) is 11.0. The van der Waals surface area contributed by atoms with Crippen LogP contribution in [-0.2, 0) is 11.3 Å². The van der Waals surface area contributed by atoms with E-state index in [9.17, 15) is 14.7 Å².